The molecule has 29 heavy (non-hydrogen) atoms. The van der Waals surface area contributed by atoms with E-state index in [0.29, 0.717) is 18.7 Å². The molecule has 1 saturated heterocycles. The van der Waals surface area contributed by atoms with Crippen LogP contribution in [0.2, 0.25) is 0 Å². The Morgan fingerprint density at radius 3 is 2.38 bits per heavy atom. The molecular formula is C20H27N3O6. The number of piperidine rings is 1. The third-order valence-corrected chi connectivity index (χ3v) is 4.24. The zero-order valence-corrected chi connectivity index (χ0v) is 16.9. The van der Waals surface area contributed by atoms with E-state index in [1.807, 2.05) is 0 Å². The van der Waals surface area contributed by atoms with Gasteiger partial charge in [-0.15, -0.1) is 0 Å². The third kappa shape index (κ3) is 6.78. The van der Waals surface area contributed by atoms with E-state index in [0.717, 1.165) is 12.8 Å². The van der Waals surface area contributed by atoms with Gasteiger partial charge >= 0.3 is 12.1 Å². The van der Waals surface area contributed by atoms with E-state index in [1.54, 1.807) is 20.8 Å². The predicted molar refractivity (Wildman–Crippen MR) is 105 cm³/mol. The summed E-state index contributed by atoms with van der Waals surface area (Å²) >= 11 is 0. The average Bonchev–Trinajstić information content (AvgIpc) is 2.64. The highest BCUT2D eigenvalue weighted by molar-refractivity contribution is 5.93. The summed E-state index contributed by atoms with van der Waals surface area (Å²) in [6, 6.07) is 5.32. The maximum atomic E-state index is 12.3. The molecule has 158 valence electrons. The molecule has 9 nitrogen and oxygen atoms in total. The van der Waals surface area contributed by atoms with Crippen molar-refractivity contribution in [3.8, 4) is 0 Å². The van der Waals surface area contributed by atoms with E-state index in [-0.39, 0.29) is 5.56 Å². The van der Waals surface area contributed by atoms with Gasteiger partial charge in [-0.05, 0) is 64.3 Å². The van der Waals surface area contributed by atoms with Gasteiger partial charge in [0.2, 0.25) is 5.91 Å². The van der Waals surface area contributed by atoms with E-state index in [9.17, 15) is 19.2 Å². The van der Waals surface area contributed by atoms with Crippen molar-refractivity contribution in [2.24, 2.45) is 5.73 Å². The first-order valence-electron chi connectivity index (χ1n) is 9.43. The SMILES string of the molecule is CC(C)(C)OC(=O)Nc1ccc(C(=O)OCC(=O)N2CCCC[C@@H]2C(N)=O)cc1. The number of rotatable bonds is 5. The number of nitrogens with two attached hydrogens (primary N) is 1. The van der Waals surface area contributed by atoms with Gasteiger partial charge in [0.05, 0.1) is 5.56 Å². The van der Waals surface area contributed by atoms with Crippen LogP contribution in [0, 0.1) is 0 Å². The lowest BCUT2D eigenvalue weighted by Gasteiger charge is -2.33. The van der Waals surface area contributed by atoms with Crippen LogP contribution in [0.15, 0.2) is 24.3 Å². The van der Waals surface area contributed by atoms with Crippen molar-refractivity contribution in [3.05, 3.63) is 29.8 Å². The van der Waals surface area contributed by atoms with Crippen LogP contribution in [0.3, 0.4) is 0 Å². The summed E-state index contributed by atoms with van der Waals surface area (Å²) in [5.41, 5.74) is 5.39. The Kier molecular flexibility index (Phi) is 7.19. The fourth-order valence-corrected chi connectivity index (χ4v) is 2.93. The van der Waals surface area contributed by atoms with Gasteiger partial charge in [-0.3, -0.25) is 14.9 Å². The molecule has 1 atom stereocenters. The summed E-state index contributed by atoms with van der Waals surface area (Å²) in [7, 11) is 0. The molecule has 3 amide bonds. The molecule has 2 rings (SSSR count). The highest BCUT2D eigenvalue weighted by Crippen LogP contribution is 2.17. The number of esters is 1. The number of likely N-dealkylation sites (tertiary alicyclic amines) is 1. The van der Waals surface area contributed by atoms with Crippen molar-refractivity contribution in [1.82, 2.24) is 4.90 Å². The van der Waals surface area contributed by atoms with Gasteiger partial charge in [0.1, 0.15) is 11.6 Å². The highest BCUT2D eigenvalue weighted by Gasteiger charge is 2.31. The van der Waals surface area contributed by atoms with Gasteiger partial charge in [0.15, 0.2) is 6.61 Å². The van der Waals surface area contributed by atoms with Crippen molar-refractivity contribution < 1.29 is 28.7 Å². The van der Waals surface area contributed by atoms with Crippen molar-refractivity contribution in [1.29, 1.82) is 0 Å². The van der Waals surface area contributed by atoms with Crippen LogP contribution in [-0.4, -0.2) is 53.6 Å². The van der Waals surface area contributed by atoms with E-state index < -0.39 is 42.1 Å². The molecule has 1 aromatic rings. The van der Waals surface area contributed by atoms with E-state index in [1.165, 1.54) is 29.2 Å². The van der Waals surface area contributed by atoms with Crippen molar-refractivity contribution in [2.75, 3.05) is 18.5 Å². The second-order valence-electron chi connectivity index (χ2n) is 7.78. The number of carbonyl (C=O) groups excluding carboxylic acids is 4. The lowest BCUT2D eigenvalue weighted by atomic mass is 10.0. The number of nitrogens with zero attached hydrogens (tertiary/aromatic N) is 1. The number of ether oxygens (including phenoxy) is 2. The van der Waals surface area contributed by atoms with Crippen LogP contribution in [0.1, 0.15) is 50.4 Å². The molecule has 0 unspecified atom stereocenters. The molecule has 1 aliphatic rings. The van der Waals surface area contributed by atoms with Crippen molar-refractivity contribution >= 4 is 29.6 Å². The molecule has 1 fully saturated rings. The minimum Gasteiger partial charge on any atom is -0.452 e. The zero-order valence-electron chi connectivity index (χ0n) is 16.9. The first kappa shape index (κ1) is 22.2. The summed E-state index contributed by atoms with van der Waals surface area (Å²) in [4.78, 5) is 49.1. The first-order valence-corrected chi connectivity index (χ1v) is 9.43. The van der Waals surface area contributed by atoms with Crippen LogP contribution < -0.4 is 11.1 Å². The highest BCUT2D eigenvalue weighted by atomic mass is 16.6. The van der Waals surface area contributed by atoms with Crippen LogP contribution in [0.4, 0.5) is 10.5 Å². The van der Waals surface area contributed by atoms with E-state index >= 15 is 0 Å². The fourth-order valence-electron chi connectivity index (χ4n) is 2.93. The molecule has 0 bridgehead atoms. The number of hydrogen-bond acceptors (Lipinski definition) is 6. The number of carbonyl (C=O) groups is 4. The van der Waals surface area contributed by atoms with Crippen molar-refractivity contribution in [2.45, 2.75) is 51.7 Å². The summed E-state index contributed by atoms with van der Waals surface area (Å²) in [6.07, 6.45) is 1.50. The molecule has 0 spiro atoms. The Morgan fingerprint density at radius 2 is 1.79 bits per heavy atom. The number of nitrogens with one attached hydrogen (secondary N) is 1. The summed E-state index contributed by atoms with van der Waals surface area (Å²) < 4.78 is 10.2. The monoisotopic (exact) mass is 405 g/mol. The van der Waals surface area contributed by atoms with Gasteiger partial charge in [-0.2, -0.15) is 0 Å². The molecule has 0 saturated carbocycles. The normalized spacial score (nSPS) is 16.7. The molecule has 0 aliphatic carbocycles. The smallest absolute Gasteiger partial charge is 0.412 e. The molecule has 0 radical (unpaired) electrons. The van der Waals surface area contributed by atoms with Crippen LogP contribution >= 0.6 is 0 Å². The minimum atomic E-state index is -0.685. The quantitative estimate of drug-likeness (QED) is 0.722. The molecule has 1 aromatic carbocycles. The fraction of sp³-hybridized carbons (Fsp3) is 0.500. The predicted octanol–water partition coefficient (Wildman–Crippen LogP) is 2.06. The average molecular weight is 405 g/mol. The molecule has 9 heteroatoms. The van der Waals surface area contributed by atoms with Gasteiger partial charge < -0.3 is 20.1 Å². The van der Waals surface area contributed by atoms with Crippen LogP contribution in [0.5, 0.6) is 0 Å². The Balaban J connectivity index is 1.88. The standard InChI is InChI=1S/C20H27N3O6/c1-20(2,3)29-19(27)22-14-9-7-13(8-10-14)18(26)28-12-16(24)23-11-5-4-6-15(23)17(21)25/h7-10,15H,4-6,11-12H2,1-3H3,(H2,21,25)(H,22,27)/t15-/m1/s1. The molecule has 1 aliphatic heterocycles. The largest absolute Gasteiger partial charge is 0.452 e. The number of amides is 3. The lowest BCUT2D eigenvalue weighted by molar-refractivity contribution is -0.143. The summed E-state index contributed by atoms with van der Waals surface area (Å²) in [6.45, 7) is 5.20. The molecular weight excluding hydrogens is 378 g/mol. The number of benzene rings is 1. The van der Waals surface area contributed by atoms with Gasteiger partial charge in [-0.1, -0.05) is 0 Å². The molecule has 1 heterocycles. The maximum absolute atomic E-state index is 12.3. The number of hydrogen-bond donors (Lipinski definition) is 2. The molecule has 3 N–H and O–H groups in total. The topological polar surface area (TPSA) is 128 Å². The number of primary amides is 1. The zero-order chi connectivity index (χ0) is 21.6. The van der Waals surface area contributed by atoms with Crippen LogP contribution in [-0.2, 0) is 19.1 Å². The van der Waals surface area contributed by atoms with E-state index in [2.05, 4.69) is 5.32 Å². The second kappa shape index (κ2) is 9.40. The second-order valence-corrected chi connectivity index (χ2v) is 7.78. The van der Waals surface area contributed by atoms with E-state index in [4.69, 9.17) is 15.2 Å². The van der Waals surface area contributed by atoms with Gasteiger partial charge in [0.25, 0.3) is 5.91 Å². The Labute approximate surface area is 169 Å². The minimum absolute atomic E-state index is 0.220. The Morgan fingerprint density at radius 1 is 1.14 bits per heavy atom. The Bertz CT molecular complexity index is 769. The number of anilines is 1. The Hall–Kier alpha value is -3.10. The van der Waals surface area contributed by atoms with Crippen molar-refractivity contribution in [3.63, 3.8) is 0 Å². The lowest BCUT2D eigenvalue weighted by Crippen LogP contribution is -2.51. The van der Waals surface area contributed by atoms with Gasteiger partial charge in [-0.25, -0.2) is 9.59 Å². The summed E-state index contributed by atoms with van der Waals surface area (Å²) in [5, 5.41) is 2.56. The van der Waals surface area contributed by atoms with Gasteiger partial charge in [0, 0.05) is 12.2 Å². The third-order valence-electron chi connectivity index (χ3n) is 4.24. The molecule has 0 aromatic heterocycles. The first-order chi connectivity index (χ1) is 13.6. The van der Waals surface area contributed by atoms with Crippen LogP contribution in [0.25, 0.3) is 0 Å². The summed E-state index contributed by atoms with van der Waals surface area (Å²) in [5.74, 6) is -1.70. The maximum Gasteiger partial charge on any atom is 0.412 e.